The molecule has 0 aromatic heterocycles. The number of aliphatic carboxylic acids is 1. The molecule has 0 aliphatic rings. The predicted octanol–water partition coefficient (Wildman–Crippen LogP) is 7.26. The summed E-state index contributed by atoms with van der Waals surface area (Å²) < 4.78 is 11.5. The predicted molar refractivity (Wildman–Crippen MR) is 160 cm³/mol. The van der Waals surface area contributed by atoms with E-state index in [1.54, 1.807) is 37.3 Å². The quantitative estimate of drug-likeness (QED) is 0.104. The second-order valence-electron chi connectivity index (χ2n) is 9.83. The Kier molecular flexibility index (Phi) is 12.8. The molecule has 3 unspecified atom stereocenters. The molecule has 3 N–H and O–H groups in total. The summed E-state index contributed by atoms with van der Waals surface area (Å²) in [6.45, 7) is 11.3. The lowest BCUT2D eigenvalue weighted by Crippen LogP contribution is -2.29. The molecule has 2 aromatic rings. The van der Waals surface area contributed by atoms with Crippen LogP contribution >= 0.6 is 15.9 Å². The maximum Gasteiger partial charge on any atom is 0.344 e. The lowest BCUT2D eigenvalue weighted by molar-refractivity contribution is -0.190. The second-order valence-corrected chi connectivity index (χ2v) is 10.7. The highest BCUT2D eigenvalue weighted by Crippen LogP contribution is 2.30. The molecule has 216 valence electrons. The number of allylic oxidation sites excluding steroid dienone is 5. The van der Waals surface area contributed by atoms with E-state index < -0.39 is 17.9 Å². The number of carboxylic acids is 1. The van der Waals surface area contributed by atoms with Crippen LogP contribution in [0.2, 0.25) is 0 Å². The van der Waals surface area contributed by atoms with Gasteiger partial charge < -0.3 is 24.8 Å². The third-order valence-corrected chi connectivity index (χ3v) is 7.06. The first kappa shape index (κ1) is 33.0. The fourth-order valence-electron chi connectivity index (χ4n) is 4.04. The van der Waals surface area contributed by atoms with Crippen LogP contribution in [0.1, 0.15) is 73.9 Å². The van der Waals surface area contributed by atoms with Gasteiger partial charge in [-0.1, -0.05) is 49.9 Å². The number of ketones is 1. The standard InChI is InChI=1S/C32H39BrO7/c1-6-8-23(10-9-21(3)24-12-14-27(34)22(4)19-24)11-15-30(31(36)37)40-29-16-13-25(20-26(29)33)28(35)17-18-32(5,38)39-7-2/h6,8-10,12-14,16,19-21,30,34,38H,1,7,11,15,17-18H2,2-5H3,(H,36,37)/b10-9-,23-8+. The van der Waals surface area contributed by atoms with Gasteiger partial charge in [-0.15, -0.1) is 0 Å². The van der Waals surface area contributed by atoms with Gasteiger partial charge in [0.1, 0.15) is 11.5 Å². The van der Waals surface area contributed by atoms with E-state index in [0.717, 1.165) is 16.7 Å². The molecule has 0 fully saturated rings. The van der Waals surface area contributed by atoms with Gasteiger partial charge in [-0.05, 0) is 96.4 Å². The minimum absolute atomic E-state index is 0.0847. The van der Waals surface area contributed by atoms with Crippen LogP contribution in [-0.4, -0.2) is 45.6 Å². The first-order valence-electron chi connectivity index (χ1n) is 13.2. The van der Waals surface area contributed by atoms with Crippen LogP contribution in [0.4, 0.5) is 0 Å². The van der Waals surface area contributed by atoms with Crippen molar-refractivity contribution in [1.82, 2.24) is 0 Å². The van der Waals surface area contributed by atoms with E-state index in [2.05, 4.69) is 22.5 Å². The summed E-state index contributed by atoms with van der Waals surface area (Å²) in [5.41, 5.74) is 3.18. The molecule has 0 heterocycles. The van der Waals surface area contributed by atoms with Crippen molar-refractivity contribution in [3.63, 3.8) is 0 Å². The number of Topliss-reactive ketones (excluding diaryl/α,β-unsaturated/α-hetero) is 1. The average molecular weight is 616 g/mol. The molecule has 0 amide bonds. The number of aliphatic hydroxyl groups is 1. The maximum absolute atomic E-state index is 12.6. The molecule has 8 heteroatoms. The zero-order chi connectivity index (χ0) is 29.9. The van der Waals surface area contributed by atoms with E-state index in [9.17, 15) is 24.9 Å². The van der Waals surface area contributed by atoms with Crippen LogP contribution in [0.5, 0.6) is 11.5 Å². The van der Waals surface area contributed by atoms with Crippen LogP contribution in [-0.2, 0) is 9.53 Å². The third-order valence-electron chi connectivity index (χ3n) is 6.44. The number of halogens is 1. The molecule has 2 aromatic carbocycles. The van der Waals surface area contributed by atoms with E-state index in [1.165, 1.54) is 6.92 Å². The highest BCUT2D eigenvalue weighted by atomic mass is 79.9. The Morgan fingerprint density at radius 1 is 1.18 bits per heavy atom. The van der Waals surface area contributed by atoms with Gasteiger partial charge in [0.2, 0.25) is 0 Å². The molecule has 0 saturated heterocycles. The van der Waals surface area contributed by atoms with E-state index in [4.69, 9.17) is 9.47 Å². The molecular weight excluding hydrogens is 576 g/mol. The SMILES string of the molecule is C=C/C=C(\C=C/C(C)c1ccc(O)c(C)c1)CCC(Oc1ccc(C(=O)CCC(C)(O)OCC)cc1Br)C(=O)O. The molecule has 2 rings (SSSR count). The minimum atomic E-state index is -1.38. The van der Waals surface area contributed by atoms with Gasteiger partial charge in [-0.3, -0.25) is 4.79 Å². The number of carbonyl (C=O) groups excluding carboxylic acids is 1. The van der Waals surface area contributed by atoms with Gasteiger partial charge in [-0.2, -0.15) is 0 Å². The number of benzene rings is 2. The van der Waals surface area contributed by atoms with Gasteiger partial charge >= 0.3 is 5.97 Å². The second kappa shape index (κ2) is 15.6. The van der Waals surface area contributed by atoms with Crippen molar-refractivity contribution in [2.24, 2.45) is 0 Å². The fraction of sp³-hybridized carbons (Fsp3) is 0.375. The zero-order valence-electron chi connectivity index (χ0n) is 23.5. The van der Waals surface area contributed by atoms with Crippen molar-refractivity contribution in [3.05, 3.63) is 94.0 Å². The summed E-state index contributed by atoms with van der Waals surface area (Å²) in [7, 11) is 0. The van der Waals surface area contributed by atoms with Crippen molar-refractivity contribution in [2.75, 3.05) is 6.61 Å². The first-order valence-corrected chi connectivity index (χ1v) is 14.0. The molecule has 0 saturated carbocycles. The minimum Gasteiger partial charge on any atom is -0.508 e. The Morgan fingerprint density at radius 3 is 2.50 bits per heavy atom. The van der Waals surface area contributed by atoms with E-state index >= 15 is 0 Å². The third kappa shape index (κ3) is 10.4. The Hall–Kier alpha value is -3.20. The van der Waals surface area contributed by atoms with Crippen LogP contribution in [0.3, 0.4) is 0 Å². The van der Waals surface area contributed by atoms with Gasteiger partial charge in [0, 0.05) is 25.0 Å². The lowest BCUT2D eigenvalue weighted by atomic mass is 9.96. The number of carbonyl (C=O) groups is 2. The molecule has 0 bridgehead atoms. The van der Waals surface area contributed by atoms with Gasteiger partial charge in [-0.25, -0.2) is 4.79 Å². The maximum atomic E-state index is 12.6. The molecule has 0 radical (unpaired) electrons. The van der Waals surface area contributed by atoms with Crippen molar-refractivity contribution >= 4 is 27.7 Å². The lowest BCUT2D eigenvalue weighted by Gasteiger charge is -2.22. The van der Waals surface area contributed by atoms with Gasteiger partial charge in [0.15, 0.2) is 17.7 Å². The molecule has 0 aliphatic heterocycles. The number of hydrogen-bond donors (Lipinski definition) is 3. The summed E-state index contributed by atoms with van der Waals surface area (Å²) in [5.74, 6) is -2.00. The highest BCUT2D eigenvalue weighted by Gasteiger charge is 2.24. The Balaban J connectivity index is 2.05. The molecule has 40 heavy (non-hydrogen) atoms. The summed E-state index contributed by atoms with van der Waals surface area (Å²) in [5, 5.41) is 29.7. The normalized spacial score (nSPS) is 14.9. The Morgan fingerprint density at radius 2 is 1.90 bits per heavy atom. The summed E-state index contributed by atoms with van der Waals surface area (Å²) >= 11 is 3.39. The van der Waals surface area contributed by atoms with E-state index in [1.807, 2.05) is 44.2 Å². The van der Waals surface area contributed by atoms with Crippen LogP contribution in [0.15, 0.2) is 77.3 Å². The monoisotopic (exact) mass is 614 g/mol. The van der Waals surface area contributed by atoms with E-state index in [-0.39, 0.29) is 36.7 Å². The summed E-state index contributed by atoms with van der Waals surface area (Å²) in [4.78, 5) is 24.6. The number of aromatic hydroxyl groups is 1. The number of phenols is 1. The number of rotatable bonds is 16. The van der Waals surface area contributed by atoms with Crippen molar-refractivity contribution < 1.29 is 34.4 Å². The molecule has 3 atom stereocenters. The number of hydrogen-bond acceptors (Lipinski definition) is 6. The number of phenolic OH excluding ortho intramolecular Hbond substituents is 1. The van der Waals surface area contributed by atoms with Crippen molar-refractivity contribution in [1.29, 1.82) is 0 Å². The van der Waals surface area contributed by atoms with Crippen LogP contribution in [0.25, 0.3) is 0 Å². The fourth-order valence-corrected chi connectivity index (χ4v) is 4.51. The molecule has 0 spiro atoms. The smallest absolute Gasteiger partial charge is 0.344 e. The summed E-state index contributed by atoms with van der Waals surface area (Å²) in [6.07, 6.45) is 7.26. The van der Waals surface area contributed by atoms with Crippen molar-refractivity contribution in [2.45, 2.75) is 71.2 Å². The van der Waals surface area contributed by atoms with Gasteiger partial charge in [0.25, 0.3) is 0 Å². The highest BCUT2D eigenvalue weighted by molar-refractivity contribution is 9.10. The zero-order valence-corrected chi connectivity index (χ0v) is 25.1. The average Bonchev–Trinajstić information content (AvgIpc) is 2.90. The van der Waals surface area contributed by atoms with Crippen LogP contribution < -0.4 is 4.74 Å². The van der Waals surface area contributed by atoms with Crippen molar-refractivity contribution in [3.8, 4) is 11.5 Å². The summed E-state index contributed by atoms with van der Waals surface area (Å²) in [6, 6.07) is 10.2. The topological polar surface area (TPSA) is 113 Å². The molecular formula is C32H39BrO7. The Bertz CT molecular complexity index is 1250. The molecule has 0 aliphatic carbocycles. The first-order chi connectivity index (χ1) is 18.9. The van der Waals surface area contributed by atoms with E-state index in [0.29, 0.717) is 28.8 Å². The largest absolute Gasteiger partial charge is 0.508 e. The number of aryl methyl sites for hydroxylation is 1. The Labute approximate surface area is 245 Å². The molecule has 7 nitrogen and oxygen atoms in total. The van der Waals surface area contributed by atoms with Gasteiger partial charge in [0.05, 0.1) is 4.47 Å². The number of ether oxygens (including phenoxy) is 2. The number of carboxylic acid groups (broad SMARTS) is 1. The van der Waals surface area contributed by atoms with Crippen LogP contribution in [0, 0.1) is 6.92 Å².